The second kappa shape index (κ2) is 6.02. The number of ether oxygens (including phenoxy) is 1. The summed E-state index contributed by atoms with van der Waals surface area (Å²) in [6.07, 6.45) is 2.23. The highest BCUT2D eigenvalue weighted by molar-refractivity contribution is 5.39. The van der Waals surface area contributed by atoms with Crippen LogP contribution >= 0.6 is 0 Å². The smallest absolute Gasteiger partial charge is 0.129 e. The summed E-state index contributed by atoms with van der Waals surface area (Å²) in [5.74, 6) is 1.26. The first-order valence-corrected chi connectivity index (χ1v) is 5.82. The summed E-state index contributed by atoms with van der Waals surface area (Å²) < 4.78 is 5.73. The van der Waals surface area contributed by atoms with E-state index in [1.807, 2.05) is 36.4 Å². The van der Waals surface area contributed by atoms with Crippen LogP contribution in [0.1, 0.15) is 11.1 Å². The van der Waals surface area contributed by atoms with E-state index in [1.165, 1.54) is 0 Å². The van der Waals surface area contributed by atoms with E-state index in [4.69, 9.17) is 15.6 Å². The van der Waals surface area contributed by atoms with Gasteiger partial charge < -0.3 is 15.6 Å². The van der Waals surface area contributed by atoms with E-state index in [-0.39, 0.29) is 6.61 Å². The van der Waals surface area contributed by atoms with Crippen molar-refractivity contribution in [2.45, 2.75) is 13.0 Å². The van der Waals surface area contributed by atoms with Crippen molar-refractivity contribution in [3.05, 3.63) is 53.7 Å². The maximum atomic E-state index is 8.99. The number of nitrogen functional groups attached to an aromatic ring is 1. The quantitative estimate of drug-likeness (QED) is 0.841. The Balaban J connectivity index is 2.08. The van der Waals surface area contributed by atoms with Crippen LogP contribution in [0.15, 0.2) is 42.6 Å². The highest BCUT2D eigenvalue weighted by Gasteiger charge is 2.04. The van der Waals surface area contributed by atoms with Crippen molar-refractivity contribution in [1.82, 2.24) is 4.98 Å². The highest BCUT2D eigenvalue weighted by Crippen LogP contribution is 2.20. The Hall–Kier alpha value is -2.07. The zero-order valence-electron chi connectivity index (χ0n) is 10.0. The minimum atomic E-state index is 0.107. The number of hydrogen-bond donors (Lipinski definition) is 2. The van der Waals surface area contributed by atoms with E-state index in [1.54, 1.807) is 6.20 Å². The van der Waals surface area contributed by atoms with E-state index >= 15 is 0 Å². The molecule has 1 aromatic carbocycles. The summed E-state index contributed by atoms with van der Waals surface area (Å²) in [4.78, 5) is 4.01. The molecule has 0 amide bonds. The lowest BCUT2D eigenvalue weighted by Crippen LogP contribution is -2.03. The molecule has 0 saturated heterocycles. The van der Waals surface area contributed by atoms with Crippen LogP contribution in [0.4, 0.5) is 5.82 Å². The van der Waals surface area contributed by atoms with Crippen LogP contribution in [0.25, 0.3) is 0 Å². The number of aliphatic hydroxyl groups is 1. The standard InChI is InChI=1S/C14H16N2O2/c15-14-12(5-3-8-16-14)10-18-13-6-2-1-4-11(13)7-9-17/h1-6,8,17H,7,9-10H2,(H2,15,16). The average molecular weight is 244 g/mol. The third kappa shape index (κ3) is 2.99. The molecule has 0 atom stereocenters. The molecular weight excluding hydrogens is 228 g/mol. The SMILES string of the molecule is Nc1ncccc1COc1ccccc1CCO. The second-order valence-electron chi connectivity index (χ2n) is 3.92. The van der Waals surface area contributed by atoms with Crippen molar-refractivity contribution >= 4 is 5.82 Å². The summed E-state index contributed by atoms with van der Waals surface area (Å²) in [6.45, 7) is 0.484. The van der Waals surface area contributed by atoms with E-state index in [9.17, 15) is 0 Å². The topological polar surface area (TPSA) is 68.4 Å². The first kappa shape index (κ1) is 12.4. The number of benzene rings is 1. The molecule has 1 heterocycles. The molecule has 0 aliphatic rings. The zero-order chi connectivity index (χ0) is 12.8. The van der Waals surface area contributed by atoms with Gasteiger partial charge in [0.2, 0.25) is 0 Å². The molecule has 18 heavy (non-hydrogen) atoms. The van der Waals surface area contributed by atoms with E-state index in [0.717, 1.165) is 16.9 Å². The summed E-state index contributed by atoms with van der Waals surface area (Å²) in [5.41, 5.74) is 7.60. The van der Waals surface area contributed by atoms with Crippen molar-refractivity contribution in [3.63, 3.8) is 0 Å². The van der Waals surface area contributed by atoms with Crippen molar-refractivity contribution in [1.29, 1.82) is 0 Å². The van der Waals surface area contributed by atoms with Gasteiger partial charge in [0.15, 0.2) is 0 Å². The molecule has 4 heteroatoms. The van der Waals surface area contributed by atoms with Gasteiger partial charge in [-0.25, -0.2) is 4.98 Å². The second-order valence-corrected chi connectivity index (χ2v) is 3.92. The molecule has 2 rings (SSSR count). The third-order valence-electron chi connectivity index (χ3n) is 2.66. The van der Waals surface area contributed by atoms with Gasteiger partial charge in [0, 0.05) is 18.4 Å². The first-order chi connectivity index (χ1) is 8.81. The number of anilines is 1. The first-order valence-electron chi connectivity index (χ1n) is 5.82. The number of pyridine rings is 1. The van der Waals surface area contributed by atoms with E-state index < -0.39 is 0 Å². The van der Waals surface area contributed by atoms with Gasteiger partial charge in [0.25, 0.3) is 0 Å². The largest absolute Gasteiger partial charge is 0.488 e. The Labute approximate surface area is 106 Å². The number of nitrogens with two attached hydrogens (primary N) is 1. The molecule has 0 aliphatic carbocycles. The number of hydrogen-bond acceptors (Lipinski definition) is 4. The number of aliphatic hydroxyl groups excluding tert-OH is 1. The summed E-state index contributed by atoms with van der Waals surface area (Å²) in [6, 6.07) is 11.4. The maximum absolute atomic E-state index is 8.99. The van der Waals surface area contributed by atoms with Crippen molar-refractivity contribution in [3.8, 4) is 5.75 Å². The molecule has 2 aromatic rings. The summed E-state index contributed by atoms with van der Waals surface area (Å²) in [5, 5.41) is 8.99. The molecule has 0 aliphatic heterocycles. The third-order valence-corrected chi connectivity index (χ3v) is 2.66. The van der Waals surface area contributed by atoms with Crippen LogP contribution in [0.3, 0.4) is 0 Å². The van der Waals surface area contributed by atoms with Gasteiger partial charge in [-0.1, -0.05) is 24.3 Å². The van der Waals surface area contributed by atoms with Crippen LogP contribution in [-0.4, -0.2) is 16.7 Å². The Morgan fingerprint density at radius 2 is 1.89 bits per heavy atom. The molecule has 4 nitrogen and oxygen atoms in total. The lowest BCUT2D eigenvalue weighted by atomic mass is 10.1. The molecule has 0 radical (unpaired) electrons. The van der Waals surface area contributed by atoms with Gasteiger partial charge in [-0.05, 0) is 24.1 Å². The van der Waals surface area contributed by atoms with Gasteiger partial charge in [0.1, 0.15) is 18.2 Å². The number of rotatable bonds is 5. The monoisotopic (exact) mass is 244 g/mol. The van der Waals surface area contributed by atoms with Crippen molar-refractivity contribution in [2.24, 2.45) is 0 Å². The normalized spacial score (nSPS) is 10.3. The van der Waals surface area contributed by atoms with Crippen LogP contribution in [0.5, 0.6) is 5.75 Å². The summed E-state index contributed by atoms with van der Waals surface area (Å²) in [7, 11) is 0. The maximum Gasteiger partial charge on any atom is 0.129 e. The van der Waals surface area contributed by atoms with Crippen LogP contribution < -0.4 is 10.5 Å². The Morgan fingerprint density at radius 3 is 2.67 bits per heavy atom. The van der Waals surface area contributed by atoms with Gasteiger partial charge >= 0.3 is 0 Å². The molecular formula is C14H16N2O2. The van der Waals surface area contributed by atoms with Gasteiger partial charge in [-0.2, -0.15) is 0 Å². The Kier molecular flexibility index (Phi) is 4.15. The molecule has 0 saturated carbocycles. The Bertz CT molecular complexity index is 515. The van der Waals surface area contributed by atoms with Gasteiger partial charge in [0.05, 0.1) is 0 Å². The van der Waals surface area contributed by atoms with Crippen molar-refractivity contribution < 1.29 is 9.84 Å². The highest BCUT2D eigenvalue weighted by atomic mass is 16.5. The molecule has 1 aromatic heterocycles. The fourth-order valence-corrected chi connectivity index (χ4v) is 1.70. The van der Waals surface area contributed by atoms with Crippen LogP contribution in [0.2, 0.25) is 0 Å². The van der Waals surface area contributed by atoms with Crippen molar-refractivity contribution in [2.75, 3.05) is 12.3 Å². The van der Waals surface area contributed by atoms with Gasteiger partial charge in [-0.3, -0.25) is 0 Å². The van der Waals surface area contributed by atoms with E-state index in [0.29, 0.717) is 18.8 Å². The molecule has 3 N–H and O–H groups in total. The predicted octanol–water partition coefficient (Wildman–Crippen LogP) is 1.78. The lowest BCUT2D eigenvalue weighted by molar-refractivity contribution is 0.284. The Morgan fingerprint density at radius 1 is 1.11 bits per heavy atom. The number of nitrogens with zero attached hydrogens (tertiary/aromatic N) is 1. The fourth-order valence-electron chi connectivity index (χ4n) is 1.70. The zero-order valence-corrected chi connectivity index (χ0v) is 10.0. The minimum Gasteiger partial charge on any atom is -0.488 e. The summed E-state index contributed by atoms with van der Waals surface area (Å²) >= 11 is 0. The van der Waals surface area contributed by atoms with E-state index in [2.05, 4.69) is 4.98 Å². The number of para-hydroxylation sites is 1. The van der Waals surface area contributed by atoms with Crippen LogP contribution in [-0.2, 0) is 13.0 Å². The number of aromatic nitrogens is 1. The fraction of sp³-hybridized carbons (Fsp3) is 0.214. The minimum absolute atomic E-state index is 0.107. The predicted molar refractivity (Wildman–Crippen MR) is 70.2 cm³/mol. The molecule has 0 fully saturated rings. The molecule has 0 unspecified atom stereocenters. The van der Waals surface area contributed by atoms with Crippen LogP contribution in [0, 0.1) is 0 Å². The van der Waals surface area contributed by atoms with Gasteiger partial charge in [-0.15, -0.1) is 0 Å². The molecule has 0 bridgehead atoms. The molecule has 94 valence electrons. The average Bonchev–Trinajstić information content (AvgIpc) is 2.40. The lowest BCUT2D eigenvalue weighted by Gasteiger charge is -2.11. The molecule has 0 spiro atoms.